The number of hydrogen-bond acceptors (Lipinski definition) is 3. The molecule has 1 unspecified atom stereocenters. The van der Waals surface area contributed by atoms with Gasteiger partial charge in [-0.05, 0) is 51.8 Å². The Labute approximate surface area is 136 Å². The molecule has 2 rings (SSSR count). The van der Waals surface area contributed by atoms with E-state index >= 15 is 0 Å². The second-order valence-electron chi connectivity index (χ2n) is 4.18. The number of halogens is 2. The molecule has 0 saturated carbocycles. The Morgan fingerprint density at radius 2 is 2.10 bits per heavy atom. The van der Waals surface area contributed by atoms with E-state index in [2.05, 4.69) is 15.9 Å². The number of thioether (sulfide) groups is 1. The molecule has 0 amide bonds. The molecule has 106 valence electrons. The van der Waals surface area contributed by atoms with Gasteiger partial charge in [-0.2, -0.15) is 0 Å². The molecular weight excluding hydrogens is 360 g/mol. The van der Waals surface area contributed by atoms with Gasteiger partial charge >= 0.3 is 0 Å². The molecule has 0 bridgehead atoms. The predicted molar refractivity (Wildman–Crippen MR) is 87.8 cm³/mol. The number of hydrogen-bond donors (Lipinski definition) is 1. The maximum Gasteiger partial charge on any atom is 0.133 e. The highest BCUT2D eigenvalue weighted by molar-refractivity contribution is 9.10. The summed E-state index contributed by atoms with van der Waals surface area (Å²) in [5.41, 5.74) is 0.854. The molecule has 0 heterocycles. The smallest absolute Gasteiger partial charge is 0.133 e. The molecule has 0 radical (unpaired) electrons. The van der Waals surface area contributed by atoms with Gasteiger partial charge in [-0.25, -0.2) is 0 Å². The van der Waals surface area contributed by atoms with Gasteiger partial charge in [-0.1, -0.05) is 23.7 Å². The number of methoxy groups -OCH3 is 1. The first kappa shape index (κ1) is 15.7. The summed E-state index contributed by atoms with van der Waals surface area (Å²) in [6, 6.07) is 13.2. The Morgan fingerprint density at radius 3 is 2.75 bits per heavy atom. The zero-order valence-electron chi connectivity index (χ0n) is 10.8. The van der Waals surface area contributed by atoms with Gasteiger partial charge in [-0.3, -0.25) is 0 Å². The van der Waals surface area contributed by atoms with Crippen LogP contribution in [0.5, 0.6) is 5.75 Å². The van der Waals surface area contributed by atoms with Crippen molar-refractivity contribution in [2.24, 2.45) is 0 Å². The van der Waals surface area contributed by atoms with Crippen LogP contribution in [-0.4, -0.2) is 18.0 Å². The minimum atomic E-state index is -0.541. The maximum atomic E-state index is 10.2. The Kier molecular flexibility index (Phi) is 5.78. The first-order valence-electron chi connectivity index (χ1n) is 6.00. The third-order valence-corrected chi connectivity index (χ3v) is 4.69. The second-order valence-corrected chi connectivity index (χ2v) is 6.56. The van der Waals surface area contributed by atoms with Crippen molar-refractivity contribution in [3.05, 3.63) is 57.5 Å². The summed E-state index contributed by atoms with van der Waals surface area (Å²) in [4.78, 5) is 1.05. The lowest BCUT2D eigenvalue weighted by molar-refractivity contribution is 0.204. The third kappa shape index (κ3) is 4.16. The van der Waals surface area contributed by atoms with E-state index in [1.54, 1.807) is 18.9 Å². The largest absolute Gasteiger partial charge is 0.496 e. The molecule has 2 aromatic rings. The lowest BCUT2D eigenvalue weighted by Gasteiger charge is -2.12. The van der Waals surface area contributed by atoms with Crippen molar-refractivity contribution in [3.8, 4) is 5.75 Å². The minimum Gasteiger partial charge on any atom is -0.496 e. The zero-order chi connectivity index (χ0) is 14.5. The Hall–Kier alpha value is -0.680. The zero-order valence-corrected chi connectivity index (χ0v) is 14.0. The van der Waals surface area contributed by atoms with Crippen molar-refractivity contribution in [2.75, 3.05) is 12.9 Å². The number of aliphatic hydroxyl groups excluding tert-OH is 1. The highest BCUT2D eigenvalue weighted by Gasteiger charge is 2.11. The van der Waals surface area contributed by atoms with Crippen molar-refractivity contribution in [1.82, 2.24) is 0 Å². The summed E-state index contributed by atoms with van der Waals surface area (Å²) in [6.45, 7) is 0. The van der Waals surface area contributed by atoms with Crippen molar-refractivity contribution in [2.45, 2.75) is 11.0 Å². The monoisotopic (exact) mass is 372 g/mol. The van der Waals surface area contributed by atoms with E-state index in [-0.39, 0.29) is 0 Å². The van der Waals surface area contributed by atoms with Gasteiger partial charge in [0, 0.05) is 15.7 Å². The Bertz CT molecular complexity index is 592. The third-order valence-electron chi connectivity index (χ3n) is 2.76. The molecule has 0 spiro atoms. The Morgan fingerprint density at radius 1 is 1.30 bits per heavy atom. The van der Waals surface area contributed by atoms with Gasteiger partial charge in [-0.15, -0.1) is 11.8 Å². The molecule has 0 aliphatic rings. The van der Waals surface area contributed by atoms with Gasteiger partial charge in [0.2, 0.25) is 0 Å². The second kappa shape index (κ2) is 7.36. The van der Waals surface area contributed by atoms with Gasteiger partial charge < -0.3 is 9.84 Å². The molecule has 2 aromatic carbocycles. The fourth-order valence-electron chi connectivity index (χ4n) is 1.72. The van der Waals surface area contributed by atoms with Crippen LogP contribution < -0.4 is 4.74 Å². The Balaban J connectivity index is 2.01. The molecule has 20 heavy (non-hydrogen) atoms. The molecule has 0 aromatic heterocycles. The molecule has 1 atom stereocenters. The number of rotatable bonds is 5. The van der Waals surface area contributed by atoms with Gasteiger partial charge in [0.05, 0.1) is 17.7 Å². The topological polar surface area (TPSA) is 29.5 Å². The highest BCUT2D eigenvalue weighted by atomic mass is 79.9. The molecule has 0 aliphatic carbocycles. The van der Waals surface area contributed by atoms with Crippen LogP contribution in [0.4, 0.5) is 0 Å². The first-order valence-corrected chi connectivity index (χ1v) is 8.15. The molecule has 1 N–H and O–H groups in total. The summed E-state index contributed by atoms with van der Waals surface area (Å²) >= 11 is 10.9. The van der Waals surface area contributed by atoms with Crippen molar-refractivity contribution < 1.29 is 9.84 Å². The first-order chi connectivity index (χ1) is 9.60. The lowest BCUT2D eigenvalue weighted by Crippen LogP contribution is -2.01. The average Bonchev–Trinajstić information content (AvgIpc) is 2.44. The minimum absolute atomic E-state index is 0.541. The fraction of sp³-hybridized carbons (Fsp3) is 0.200. The van der Waals surface area contributed by atoms with Gasteiger partial charge in [0.15, 0.2) is 0 Å². The van der Waals surface area contributed by atoms with E-state index in [1.165, 1.54) is 0 Å². The SMILES string of the molecule is COc1ccc(C(O)CSc2cccc(Cl)c2)cc1Br. The van der Waals surface area contributed by atoms with E-state index in [1.807, 2.05) is 42.5 Å². The number of aliphatic hydroxyl groups is 1. The maximum absolute atomic E-state index is 10.2. The molecular formula is C15H14BrClO2S. The van der Waals surface area contributed by atoms with Crippen molar-refractivity contribution in [1.29, 1.82) is 0 Å². The summed E-state index contributed by atoms with van der Waals surface area (Å²) in [5.74, 6) is 1.32. The average molecular weight is 374 g/mol. The lowest BCUT2D eigenvalue weighted by atomic mass is 10.1. The highest BCUT2D eigenvalue weighted by Crippen LogP contribution is 2.31. The van der Waals surface area contributed by atoms with E-state index in [0.29, 0.717) is 10.8 Å². The molecule has 0 aliphatic heterocycles. The number of ether oxygens (including phenoxy) is 1. The van der Waals surface area contributed by atoms with E-state index in [0.717, 1.165) is 20.7 Å². The van der Waals surface area contributed by atoms with Crippen LogP contribution in [0.25, 0.3) is 0 Å². The van der Waals surface area contributed by atoms with Crippen LogP contribution in [0.15, 0.2) is 51.8 Å². The normalized spacial score (nSPS) is 12.2. The van der Waals surface area contributed by atoms with E-state index in [4.69, 9.17) is 16.3 Å². The molecule has 0 saturated heterocycles. The molecule has 5 heteroatoms. The summed E-state index contributed by atoms with van der Waals surface area (Å²) in [5, 5.41) is 10.9. The van der Waals surface area contributed by atoms with Crippen LogP contribution in [0.3, 0.4) is 0 Å². The summed E-state index contributed by atoms with van der Waals surface area (Å²) in [7, 11) is 1.62. The predicted octanol–water partition coefficient (Wildman–Crippen LogP) is 4.94. The van der Waals surface area contributed by atoms with Crippen LogP contribution in [0.2, 0.25) is 5.02 Å². The molecule has 0 fully saturated rings. The quantitative estimate of drug-likeness (QED) is 0.753. The van der Waals surface area contributed by atoms with Crippen LogP contribution in [0, 0.1) is 0 Å². The van der Waals surface area contributed by atoms with E-state index in [9.17, 15) is 5.11 Å². The van der Waals surface area contributed by atoms with Crippen molar-refractivity contribution >= 4 is 39.3 Å². The standard InChI is InChI=1S/C15H14BrClO2S/c1-19-15-6-5-10(7-13(15)16)14(18)9-20-12-4-2-3-11(17)8-12/h2-8,14,18H,9H2,1H3. The van der Waals surface area contributed by atoms with Crippen LogP contribution in [0.1, 0.15) is 11.7 Å². The van der Waals surface area contributed by atoms with Crippen LogP contribution in [-0.2, 0) is 0 Å². The van der Waals surface area contributed by atoms with Crippen molar-refractivity contribution in [3.63, 3.8) is 0 Å². The van der Waals surface area contributed by atoms with E-state index < -0.39 is 6.10 Å². The fourth-order valence-corrected chi connectivity index (χ4v) is 3.46. The van der Waals surface area contributed by atoms with Gasteiger partial charge in [0.25, 0.3) is 0 Å². The number of benzene rings is 2. The summed E-state index contributed by atoms with van der Waals surface area (Å²) in [6.07, 6.45) is -0.541. The summed E-state index contributed by atoms with van der Waals surface area (Å²) < 4.78 is 6.01. The van der Waals surface area contributed by atoms with Gasteiger partial charge in [0.1, 0.15) is 5.75 Å². The molecule has 2 nitrogen and oxygen atoms in total. The van der Waals surface area contributed by atoms with Crippen LogP contribution >= 0.6 is 39.3 Å².